The van der Waals surface area contributed by atoms with Crippen molar-refractivity contribution in [3.05, 3.63) is 24.5 Å². The van der Waals surface area contributed by atoms with Crippen molar-refractivity contribution in [3.8, 4) is 12.0 Å². The monoisotopic (exact) mass is 390 g/mol. The van der Waals surface area contributed by atoms with E-state index < -0.39 is 0 Å². The van der Waals surface area contributed by atoms with Gasteiger partial charge in [0.2, 0.25) is 0 Å². The Hall–Kier alpha value is -2.72. The van der Waals surface area contributed by atoms with Gasteiger partial charge in [-0.3, -0.25) is 0 Å². The number of anilines is 2. The van der Waals surface area contributed by atoms with Gasteiger partial charge in [0.15, 0.2) is 0 Å². The van der Waals surface area contributed by atoms with Crippen molar-refractivity contribution in [1.82, 2.24) is 19.9 Å². The lowest BCUT2D eigenvalue weighted by atomic mass is 10.3. The summed E-state index contributed by atoms with van der Waals surface area (Å²) in [7, 11) is 3.26. The van der Waals surface area contributed by atoms with E-state index in [-0.39, 0.29) is 0 Å². The largest absolute Gasteiger partial charge is 0.461 e. The van der Waals surface area contributed by atoms with Crippen molar-refractivity contribution in [2.45, 2.75) is 0 Å². The van der Waals surface area contributed by atoms with Gasteiger partial charge in [0.1, 0.15) is 24.8 Å². The molecular formula is C18H26N6O4. The van der Waals surface area contributed by atoms with Crippen LogP contribution in [0.1, 0.15) is 0 Å². The van der Waals surface area contributed by atoms with E-state index >= 15 is 0 Å². The summed E-state index contributed by atoms with van der Waals surface area (Å²) in [5.41, 5.74) is 0. The molecule has 0 saturated carbocycles. The summed E-state index contributed by atoms with van der Waals surface area (Å²) >= 11 is 0. The van der Waals surface area contributed by atoms with E-state index in [2.05, 4.69) is 29.7 Å². The summed E-state index contributed by atoms with van der Waals surface area (Å²) in [6, 6.07) is 4.52. The molecule has 3 heterocycles. The first-order valence-electron chi connectivity index (χ1n) is 9.19. The molecule has 10 heteroatoms. The highest BCUT2D eigenvalue weighted by molar-refractivity contribution is 5.44. The minimum absolute atomic E-state index is 0.366. The molecule has 0 bridgehead atoms. The number of hydrogen-bond acceptors (Lipinski definition) is 10. The van der Waals surface area contributed by atoms with Gasteiger partial charge in [-0.1, -0.05) is 0 Å². The van der Waals surface area contributed by atoms with E-state index in [1.807, 2.05) is 12.1 Å². The van der Waals surface area contributed by atoms with Crippen molar-refractivity contribution < 1.29 is 18.9 Å². The van der Waals surface area contributed by atoms with Gasteiger partial charge in [-0.05, 0) is 12.1 Å². The molecule has 2 aromatic heterocycles. The van der Waals surface area contributed by atoms with Crippen LogP contribution in [-0.2, 0) is 9.47 Å². The predicted octanol–water partition coefficient (Wildman–Crippen LogP) is 0.644. The average molecular weight is 390 g/mol. The van der Waals surface area contributed by atoms with Crippen LogP contribution in [0.4, 0.5) is 11.6 Å². The number of aromatic nitrogens is 4. The summed E-state index contributed by atoms with van der Waals surface area (Å²) in [4.78, 5) is 21.7. The minimum atomic E-state index is 0.366. The molecule has 3 rings (SSSR count). The van der Waals surface area contributed by atoms with Gasteiger partial charge < -0.3 is 28.7 Å². The zero-order valence-corrected chi connectivity index (χ0v) is 16.3. The van der Waals surface area contributed by atoms with E-state index in [1.165, 1.54) is 0 Å². The minimum Gasteiger partial charge on any atom is -0.461 e. The molecule has 10 nitrogen and oxygen atoms in total. The molecule has 0 aliphatic carbocycles. The first kappa shape index (κ1) is 20.0. The Balaban J connectivity index is 1.54. The highest BCUT2D eigenvalue weighted by Gasteiger charge is 2.20. The SMILES string of the molecule is COCCOc1nccc(N2CCN(c3ccnc(OCCOC)n3)CC2)n1. The molecule has 1 aliphatic rings. The Morgan fingerprint density at radius 2 is 1.14 bits per heavy atom. The van der Waals surface area contributed by atoms with E-state index in [9.17, 15) is 0 Å². The fraction of sp³-hybridized carbons (Fsp3) is 0.556. The Morgan fingerprint density at radius 1 is 0.714 bits per heavy atom. The maximum atomic E-state index is 5.50. The van der Waals surface area contributed by atoms with E-state index in [1.54, 1.807) is 26.6 Å². The van der Waals surface area contributed by atoms with Gasteiger partial charge in [0.05, 0.1) is 13.2 Å². The number of rotatable bonds is 10. The molecule has 0 amide bonds. The zero-order valence-electron chi connectivity index (χ0n) is 16.3. The van der Waals surface area contributed by atoms with Crippen LogP contribution in [0, 0.1) is 0 Å². The molecule has 1 saturated heterocycles. The van der Waals surface area contributed by atoms with E-state index in [4.69, 9.17) is 18.9 Å². The normalized spacial score (nSPS) is 14.2. The van der Waals surface area contributed by atoms with Crippen molar-refractivity contribution in [1.29, 1.82) is 0 Å². The Labute approximate surface area is 164 Å². The van der Waals surface area contributed by atoms with Crippen LogP contribution in [0.2, 0.25) is 0 Å². The third-order valence-corrected chi connectivity index (χ3v) is 4.20. The molecule has 28 heavy (non-hydrogen) atoms. The van der Waals surface area contributed by atoms with Crippen molar-refractivity contribution >= 4 is 11.6 Å². The highest BCUT2D eigenvalue weighted by atomic mass is 16.5. The fourth-order valence-corrected chi connectivity index (χ4v) is 2.75. The lowest BCUT2D eigenvalue weighted by molar-refractivity contribution is 0.141. The summed E-state index contributed by atoms with van der Waals surface area (Å²) in [6.45, 7) is 5.13. The quantitative estimate of drug-likeness (QED) is 0.538. The maximum Gasteiger partial charge on any atom is 0.318 e. The Kier molecular flexibility index (Phi) is 7.56. The highest BCUT2D eigenvalue weighted by Crippen LogP contribution is 2.19. The number of piperazine rings is 1. The fourth-order valence-electron chi connectivity index (χ4n) is 2.75. The van der Waals surface area contributed by atoms with Gasteiger partial charge in [-0.15, -0.1) is 0 Å². The van der Waals surface area contributed by atoms with Crippen LogP contribution in [-0.4, -0.2) is 86.8 Å². The van der Waals surface area contributed by atoms with Crippen molar-refractivity contribution in [3.63, 3.8) is 0 Å². The summed E-state index contributed by atoms with van der Waals surface area (Å²) in [5, 5.41) is 0. The topological polar surface area (TPSA) is 95.0 Å². The van der Waals surface area contributed by atoms with Crippen LogP contribution in [0.5, 0.6) is 12.0 Å². The lowest BCUT2D eigenvalue weighted by Crippen LogP contribution is -2.47. The van der Waals surface area contributed by atoms with Gasteiger partial charge in [-0.2, -0.15) is 9.97 Å². The van der Waals surface area contributed by atoms with E-state index in [0.717, 1.165) is 37.8 Å². The molecule has 0 unspecified atom stereocenters. The summed E-state index contributed by atoms with van der Waals surface area (Å²) in [5.74, 6) is 1.71. The van der Waals surface area contributed by atoms with Gasteiger partial charge >= 0.3 is 12.0 Å². The third-order valence-electron chi connectivity index (χ3n) is 4.20. The molecule has 152 valence electrons. The average Bonchev–Trinajstić information content (AvgIpc) is 2.75. The molecule has 1 aliphatic heterocycles. The molecule has 0 spiro atoms. The van der Waals surface area contributed by atoms with Crippen LogP contribution in [0.15, 0.2) is 24.5 Å². The van der Waals surface area contributed by atoms with Gasteiger partial charge in [0, 0.05) is 52.8 Å². The second kappa shape index (κ2) is 10.6. The molecule has 0 N–H and O–H groups in total. The Bertz CT molecular complexity index is 665. The molecule has 0 aromatic carbocycles. The number of hydrogen-bond donors (Lipinski definition) is 0. The van der Waals surface area contributed by atoms with Crippen LogP contribution < -0.4 is 19.3 Å². The zero-order chi connectivity index (χ0) is 19.6. The molecular weight excluding hydrogens is 364 g/mol. The second-order valence-electron chi connectivity index (χ2n) is 6.05. The number of ether oxygens (including phenoxy) is 4. The smallest absolute Gasteiger partial charge is 0.318 e. The van der Waals surface area contributed by atoms with Crippen molar-refractivity contribution in [2.24, 2.45) is 0 Å². The molecule has 0 radical (unpaired) electrons. The maximum absolute atomic E-state index is 5.50. The van der Waals surface area contributed by atoms with Crippen LogP contribution in [0.25, 0.3) is 0 Å². The number of nitrogens with zero attached hydrogens (tertiary/aromatic N) is 6. The number of methoxy groups -OCH3 is 2. The first-order valence-corrected chi connectivity index (χ1v) is 9.19. The van der Waals surface area contributed by atoms with Crippen LogP contribution >= 0.6 is 0 Å². The molecule has 0 atom stereocenters. The lowest BCUT2D eigenvalue weighted by Gasteiger charge is -2.36. The second-order valence-corrected chi connectivity index (χ2v) is 6.05. The summed E-state index contributed by atoms with van der Waals surface area (Å²) in [6.07, 6.45) is 3.43. The predicted molar refractivity (Wildman–Crippen MR) is 103 cm³/mol. The van der Waals surface area contributed by atoms with Gasteiger partial charge in [-0.25, -0.2) is 9.97 Å². The van der Waals surface area contributed by atoms with Crippen molar-refractivity contribution in [2.75, 3.05) is 76.6 Å². The summed E-state index contributed by atoms with van der Waals surface area (Å²) < 4.78 is 21.0. The standard InChI is InChI=1S/C18H26N6O4/c1-25-11-13-27-17-19-5-3-15(21-17)23-7-9-24(10-8-23)16-4-6-20-18(22-16)28-14-12-26-2/h3-6H,7-14H2,1-2H3. The van der Waals surface area contributed by atoms with E-state index in [0.29, 0.717) is 38.4 Å². The molecule has 1 fully saturated rings. The van der Waals surface area contributed by atoms with Crippen LogP contribution in [0.3, 0.4) is 0 Å². The first-order chi connectivity index (χ1) is 13.8. The Morgan fingerprint density at radius 3 is 1.54 bits per heavy atom. The third kappa shape index (κ3) is 5.64. The van der Waals surface area contributed by atoms with Gasteiger partial charge in [0.25, 0.3) is 0 Å². The molecule has 2 aromatic rings.